The molecule has 0 aromatic heterocycles. The van der Waals surface area contributed by atoms with Gasteiger partial charge in [0.2, 0.25) is 0 Å². The van der Waals surface area contributed by atoms with Gasteiger partial charge in [-0.05, 0) is 46.7 Å². The number of benzene rings is 3. The average Bonchev–Trinajstić information content (AvgIpc) is 2.60. The zero-order chi connectivity index (χ0) is 18.8. The first-order valence-corrected chi connectivity index (χ1v) is 7.71. The third-order valence-corrected chi connectivity index (χ3v) is 3.96. The lowest BCUT2D eigenvalue weighted by Gasteiger charge is -2.10. The van der Waals surface area contributed by atoms with Gasteiger partial charge in [0.05, 0.1) is 11.3 Å². The first-order valence-electron chi connectivity index (χ1n) is 7.71. The van der Waals surface area contributed by atoms with E-state index in [1.165, 1.54) is 12.1 Å². The zero-order valence-electron chi connectivity index (χ0n) is 13.7. The van der Waals surface area contributed by atoms with E-state index in [-0.39, 0.29) is 17.4 Å². The highest BCUT2D eigenvalue weighted by Crippen LogP contribution is 2.33. The second kappa shape index (κ2) is 6.56. The quantitative estimate of drug-likeness (QED) is 0.362. The van der Waals surface area contributed by atoms with Gasteiger partial charge in [-0.3, -0.25) is 5.41 Å². The summed E-state index contributed by atoms with van der Waals surface area (Å²) in [6, 6.07) is 15.6. The van der Waals surface area contributed by atoms with Gasteiger partial charge in [0.15, 0.2) is 5.96 Å². The van der Waals surface area contributed by atoms with E-state index in [0.717, 1.165) is 16.3 Å². The van der Waals surface area contributed by atoms with Crippen LogP contribution in [0, 0.1) is 5.41 Å². The van der Waals surface area contributed by atoms with Crippen LogP contribution in [-0.2, 0) is 0 Å². The number of nitrogens with one attached hydrogen (secondary N) is 1. The summed E-state index contributed by atoms with van der Waals surface area (Å²) in [7, 11) is 0. The van der Waals surface area contributed by atoms with Gasteiger partial charge in [0.1, 0.15) is 5.84 Å². The summed E-state index contributed by atoms with van der Waals surface area (Å²) < 4.78 is 0. The summed E-state index contributed by atoms with van der Waals surface area (Å²) in [6.07, 6.45) is 0. The number of carbonyl (C=O) groups is 1. The van der Waals surface area contributed by atoms with Gasteiger partial charge in [-0.25, -0.2) is 9.79 Å². The van der Waals surface area contributed by atoms with Crippen molar-refractivity contribution >= 4 is 34.2 Å². The maximum atomic E-state index is 11.3. The Balaban J connectivity index is 2.19. The van der Waals surface area contributed by atoms with E-state index in [9.17, 15) is 9.90 Å². The molecule has 0 heterocycles. The van der Waals surface area contributed by atoms with E-state index < -0.39 is 5.97 Å². The number of carboxylic acid groups (broad SMARTS) is 1. The summed E-state index contributed by atoms with van der Waals surface area (Å²) in [5.74, 6) is -1.14. The van der Waals surface area contributed by atoms with Crippen molar-refractivity contribution in [2.75, 3.05) is 0 Å². The minimum atomic E-state index is -1.03. The lowest BCUT2D eigenvalue weighted by atomic mass is 9.97. The fraction of sp³-hybridized carbons (Fsp3) is 0. The topological polar surface area (TPSA) is 152 Å². The number of aliphatic imine (C=N–C) groups is 1. The number of hydrogen-bond acceptors (Lipinski definition) is 3. The van der Waals surface area contributed by atoms with Crippen LogP contribution in [-0.4, -0.2) is 22.9 Å². The summed E-state index contributed by atoms with van der Waals surface area (Å²) in [6.45, 7) is 0. The molecule has 0 unspecified atom stereocenters. The summed E-state index contributed by atoms with van der Waals surface area (Å²) in [4.78, 5) is 15.4. The number of rotatable bonds is 4. The van der Waals surface area contributed by atoms with Crippen LogP contribution in [0.1, 0.15) is 15.9 Å². The van der Waals surface area contributed by atoms with Crippen molar-refractivity contribution in [2.45, 2.75) is 0 Å². The molecule has 0 amide bonds. The highest BCUT2D eigenvalue weighted by molar-refractivity contribution is 6.00. The van der Waals surface area contributed by atoms with E-state index in [1.54, 1.807) is 12.1 Å². The Morgan fingerprint density at radius 2 is 1.54 bits per heavy atom. The molecular weight excluding hydrogens is 330 g/mol. The number of nitrogen functional groups attached to an aromatic ring is 1. The molecule has 3 aromatic rings. The number of fused-ring (bicyclic) bond motifs is 1. The molecule has 130 valence electrons. The SMILES string of the molecule is N=C(N)c1ccc2cc(-c3cc(C(=O)O)ccc3N=C(N)N)ccc2c1. The van der Waals surface area contributed by atoms with Gasteiger partial charge < -0.3 is 22.3 Å². The molecular formula is C19H17N5O2. The van der Waals surface area contributed by atoms with Crippen LogP contribution in [0.15, 0.2) is 59.6 Å². The summed E-state index contributed by atoms with van der Waals surface area (Å²) in [5.41, 5.74) is 19.1. The van der Waals surface area contributed by atoms with Gasteiger partial charge >= 0.3 is 5.97 Å². The van der Waals surface area contributed by atoms with Crippen molar-refractivity contribution in [1.29, 1.82) is 5.41 Å². The molecule has 3 rings (SSSR count). The van der Waals surface area contributed by atoms with Crippen LogP contribution >= 0.6 is 0 Å². The molecule has 0 saturated carbocycles. The second-order valence-corrected chi connectivity index (χ2v) is 5.76. The Morgan fingerprint density at radius 3 is 2.19 bits per heavy atom. The largest absolute Gasteiger partial charge is 0.478 e. The highest BCUT2D eigenvalue weighted by atomic mass is 16.4. The van der Waals surface area contributed by atoms with Crippen molar-refractivity contribution in [1.82, 2.24) is 0 Å². The minimum absolute atomic E-state index is 0.000167. The van der Waals surface area contributed by atoms with E-state index in [2.05, 4.69) is 4.99 Å². The number of nitrogens with two attached hydrogens (primary N) is 3. The van der Waals surface area contributed by atoms with E-state index in [0.29, 0.717) is 16.8 Å². The van der Waals surface area contributed by atoms with Crippen LogP contribution < -0.4 is 17.2 Å². The monoisotopic (exact) mass is 347 g/mol. The summed E-state index contributed by atoms with van der Waals surface area (Å²) in [5, 5.41) is 18.6. The Labute approximate surface area is 149 Å². The fourth-order valence-corrected chi connectivity index (χ4v) is 2.72. The number of nitrogens with zero attached hydrogens (tertiary/aromatic N) is 1. The number of carboxylic acids is 1. The predicted molar refractivity (Wildman–Crippen MR) is 103 cm³/mol. The maximum Gasteiger partial charge on any atom is 0.335 e. The smallest absolute Gasteiger partial charge is 0.335 e. The van der Waals surface area contributed by atoms with E-state index >= 15 is 0 Å². The molecule has 0 aliphatic heterocycles. The fourth-order valence-electron chi connectivity index (χ4n) is 2.72. The molecule has 8 N–H and O–H groups in total. The van der Waals surface area contributed by atoms with Crippen LogP contribution in [0.3, 0.4) is 0 Å². The van der Waals surface area contributed by atoms with Gasteiger partial charge in [-0.2, -0.15) is 0 Å². The lowest BCUT2D eigenvalue weighted by molar-refractivity contribution is 0.0697. The second-order valence-electron chi connectivity index (χ2n) is 5.76. The third-order valence-electron chi connectivity index (χ3n) is 3.96. The normalized spacial score (nSPS) is 10.5. The maximum absolute atomic E-state index is 11.3. The van der Waals surface area contributed by atoms with Crippen molar-refractivity contribution in [3.05, 3.63) is 65.7 Å². The Bertz CT molecular complexity index is 1070. The predicted octanol–water partition coefficient (Wildman–Crippen LogP) is 2.39. The third kappa shape index (κ3) is 3.32. The Hall–Kier alpha value is -3.87. The zero-order valence-corrected chi connectivity index (χ0v) is 13.7. The van der Waals surface area contributed by atoms with Crippen molar-refractivity contribution in [3.8, 4) is 11.1 Å². The van der Waals surface area contributed by atoms with Crippen LogP contribution in [0.4, 0.5) is 5.69 Å². The Morgan fingerprint density at radius 1 is 0.885 bits per heavy atom. The summed E-state index contributed by atoms with van der Waals surface area (Å²) >= 11 is 0. The number of hydrogen-bond donors (Lipinski definition) is 5. The lowest BCUT2D eigenvalue weighted by Crippen LogP contribution is -2.22. The highest BCUT2D eigenvalue weighted by Gasteiger charge is 2.11. The van der Waals surface area contributed by atoms with E-state index in [4.69, 9.17) is 22.6 Å². The van der Waals surface area contributed by atoms with Gasteiger partial charge in [0, 0.05) is 11.1 Å². The number of guanidine groups is 1. The molecule has 3 aromatic carbocycles. The van der Waals surface area contributed by atoms with Crippen LogP contribution in [0.5, 0.6) is 0 Å². The Kier molecular flexibility index (Phi) is 4.28. The average molecular weight is 347 g/mol. The minimum Gasteiger partial charge on any atom is -0.478 e. The molecule has 26 heavy (non-hydrogen) atoms. The standard InChI is InChI=1S/C19H17N5O2/c20-17(21)13-4-2-10-7-12(3-1-11(10)8-13)15-9-14(18(25)26)5-6-16(15)24-19(22)23/h1-9H,(H3,20,21)(H,25,26)(H4,22,23,24). The van der Waals surface area contributed by atoms with Gasteiger partial charge in [-0.15, -0.1) is 0 Å². The molecule has 0 bridgehead atoms. The molecule has 0 radical (unpaired) electrons. The van der Waals surface area contributed by atoms with Gasteiger partial charge in [-0.1, -0.05) is 24.3 Å². The molecule has 0 fully saturated rings. The molecule has 0 saturated heterocycles. The van der Waals surface area contributed by atoms with Crippen LogP contribution in [0.25, 0.3) is 21.9 Å². The van der Waals surface area contributed by atoms with Crippen molar-refractivity contribution in [3.63, 3.8) is 0 Å². The first-order chi connectivity index (χ1) is 12.3. The van der Waals surface area contributed by atoms with Crippen LogP contribution in [0.2, 0.25) is 0 Å². The first kappa shape index (κ1) is 17.0. The molecule has 0 atom stereocenters. The number of aromatic carboxylic acids is 1. The number of amidine groups is 1. The molecule has 0 aliphatic rings. The van der Waals surface area contributed by atoms with Crippen molar-refractivity contribution in [2.24, 2.45) is 22.2 Å². The molecule has 7 nitrogen and oxygen atoms in total. The van der Waals surface area contributed by atoms with E-state index in [1.807, 2.05) is 30.3 Å². The van der Waals surface area contributed by atoms with Gasteiger partial charge in [0.25, 0.3) is 0 Å². The molecule has 0 aliphatic carbocycles. The van der Waals surface area contributed by atoms with Crippen molar-refractivity contribution < 1.29 is 9.90 Å². The molecule has 7 heteroatoms. The molecule has 0 spiro atoms.